The molecule has 1 N–H and O–H groups in total. The van der Waals surface area contributed by atoms with Gasteiger partial charge in [0.1, 0.15) is 10.9 Å². The van der Waals surface area contributed by atoms with Gasteiger partial charge in [0.05, 0.1) is 0 Å². The fourth-order valence-electron chi connectivity index (χ4n) is 1.55. The third kappa shape index (κ3) is 0.915. The second kappa shape index (κ2) is 2.22. The number of fused-ring (bicyclic) bond motifs is 1. The summed E-state index contributed by atoms with van der Waals surface area (Å²) in [6, 6.07) is 1.76. The van der Waals surface area contributed by atoms with Crippen LogP contribution in [0.3, 0.4) is 0 Å². The van der Waals surface area contributed by atoms with Gasteiger partial charge in [-0.2, -0.15) is 0 Å². The summed E-state index contributed by atoms with van der Waals surface area (Å²) in [5.74, 6) is 1.19. The molecule has 0 bridgehead atoms. The van der Waals surface area contributed by atoms with Crippen molar-refractivity contribution in [3.8, 4) is 0 Å². The van der Waals surface area contributed by atoms with E-state index in [4.69, 9.17) is 4.52 Å². The lowest BCUT2D eigenvalue weighted by Crippen LogP contribution is -2.04. The van der Waals surface area contributed by atoms with Gasteiger partial charge in [0.15, 0.2) is 5.76 Å². The van der Waals surface area contributed by atoms with Crippen LogP contribution in [0.25, 0.3) is 10.9 Å². The summed E-state index contributed by atoms with van der Waals surface area (Å²) in [5, 5.41) is 4.48. The fraction of sp³-hybridized carbons (Fsp3) is 0.333. The molecule has 0 amide bonds. The van der Waals surface area contributed by atoms with Crippen LogP contribution in [0.4, 0.5) is 0 Å². The Labute approximate surface area is 73.5 Å². The topological polar surface area (TPSA) is 58.9 Å². The Hall–Kier alpha value is -1.58. The molecule has 4 nitrogen and oxygen atoms in total. The highest BCUT2D eigenvalue weighted by atomic mass is 16.5. The zero-order chi connectivity index (χ0) is 8.84. The van der Waals surface area contributed by atoms with E-state index in [1.165, 1.54) is 0 Å². The van der Waals surface area contributed by atoms with Crippen LogP contribution in [-0.2, 0) is 0 Å². The highest BCUT2D eigenvalue weighted by Crippen LogP contribution is 2.42. The maximum absolute atomic E-state index is 11.4. The zero-order valence-corrected chi connectivity index (χ0v) is 6.91. The monoisotopic (exact) mass is 176 g/mol. The van der Waals surface area contributed by atoms with Gasteiger partial charge >= 0.3 is 0 Å². The SMILES string of the molecule is O=c1[nH]ccc2noc(C3CC3)c12. The lowest BCUT2D eigenvalue weighted by Gasteiger charge is -1.87. The molecule has 2 heterocycles. The molecule has 3 rings (SSSR count). The minimum atomic E-state index is -0.0966. The van der Waals surface area contributed by atoms with Crippen molar-refractivity contribution in [2.75, 3.05) is 0 Å². The van der Waals surface area contributed by atoms with Crippen LogP contribution >= 0.6 is 0 Å². The molecule has 1 saturated carbocycles. The Morgan fingerprint density at radius 3 is 3.15 bits per heavy atom. The number of pyridine rings is 1. The summed E-state index contributed by atoms with van der Waals surface area (Å²) in [6.07, 6.45) is 3.81. The van der Waals surface area contributed by atoms with Gasteiger partial charge in [-0.05, 0) is 18.9 Å². The number of hydrogen-bond acceptors (Lipinski definition) is 3. The van der Waals surface area contributed by atoms with Crippen LogP contribution in [0.5, 0.6) is 0 Å². The molecular formula is C9H8N2O2. The van der Waals surface area contributed by atoms with Crippen LogP contribution in [0, 0.1) is 0 Å². The van der Waals surface area contributed by atoms with Gasteiger partial charge < -0.3 is 9.51 Å². The Bertz CT molecular complexity index is 508. The average molecular weight is 176 g/mol. The van der Waals surface area contributed by atoms with Gasteiger partial charge in [-0.15, -0.1) is 0 Å². The largest absolute Gasteiger partial charge is 0.360 e. The van der Waals surface area contributed by atoms with Crippen molar-refractivity contribution in [1.29, 1.82) is 0 Å². The molecule has 0 saturated heterocycles. The zero-order valence-electron chi connectivity index (χ0n) is 6.91. The predicted octanol–water partition coefficient (Wildman–Crippen LogP) is 1.39. The molecular weight excluding hydrogens is 168 g/mol. The molecule has 0 aromatic carbocycles. The molecule has 66 valence electrons. The standard InChI is InChI=1S/C9H8N2O2/c12-9-7-6(3-4-10-9)11-13-8(7)5-1-2-5/h3-5H,1-2H2,(H,10,12). The van der Waals surface area contributed by atoms with Crippen molar-refractivity contribution in [2.24, 2.45) is 0 Å². The summed E-state index contributed by atoms with van der Waals surface area (Å²) in [4.78, 5) is 14.1. The highest BCUT2D eigenvalue weighted by molar-refractivity contribution is 5.79. The summed E-state index contributed by atoms with van der Waals surface area (Å²) >= 11 is 0. The molecule has 0 aliphatic heterocycles. The van der Waals surface area contributed by atoms with Gasteiger partial charge in [-0.1, -0.05) is 5.16 Å². The molecule has 0 unspecified atom stereocenters. The van der Waals surface area contributed by atoms with Crippen LogP contribution in [0.2, 0.25) is 0 Å². The normalized spacial score (nSPS) is 16.6. The molecule has 2 aromatic rings. The first-order valence-electron chi connectivity index (χ1n) is 4.33. The number of H-pyrrole nitrogens is 1. The number of aromatic nitrogens is 2. The van der Waals surface area contributed by atoms with Gasteiger partial charge in [0.25, 0.3) is 5.56 Å². The van der Waals surface area contributed by atoms with Crippen molar-refractivity contribution in [3.63, 3.8) is 0 Å². The smallest absolute Gasteiger partial charge is 0.261 e. The molecule has 4 heteroatoms. The van der Waals surface area contributed by atoms with Crippen molar-refractivity contribution in [3.05, 3.63) is 28.4 Å². The molecule has 2 aromatic heterocycles. The summed E-state index contributed by atoms with van der Waals surface area (Å²) < 4.78 is 5.15. The summed E-state index contributed by atoms with van der Waals surface area (Å²) in [7, 11) is 0. The molecule has 1 aliphatic rings. The second-order valence-corrected chi connectivity index (χ2v) is 3.39. The fourth-order valence-corrected chi connectivity index (χ4v) is 1.55. The predicted molar refractivity (Wildman–Crippen MR) is 46.6 cm³/mol. The van der Waals surface area contributed by atoms with Crippen LogP contribution < -0.4 is 5.56 Å². The molecule has 1 fully saturated rings. The Balaban J connectivity index is 2.41. The van der Waals surface area contributed by atoms with E-state index >= 15 is 0 Å². The highest BCUT2D eigenvalue weighted by Gasteiger charge is 2.30. The third-order valence-electron chi connectivity index (χ3n) is 2.38. The summed E-state index contributed by atoms with van der Waals surface area (Å²) in [6.45, 7) is 0. The maximum Gasteiger partial charge on any atom is 0.261 e. The lowest BCUT2D eigenvalue weighted by molar-refractivity contribution is 0.392. The van der Waals surface area contributed by atoms with E-state index in [2.05, 4.69) is 10.1 Å². The van der Waals surface area contributed by atoms with Gasteiger partial charge in [-0.3, -0.25) is 4.79 Å². The summed E-state index contributed by atoms with van der Waals surface area (Å²) in [5.41, 5.74) is 0.561. The lowest BCUT2D eigenvalue weighted by atomic mass is 10.2. The van der Waals surface area contributed by atoms with Crippen molar-refractivity contribution in [2.45, 2.75) is 18.8 Å². The van der Waals surface area contributed by atoms with Gasteiger partial charge in [0.2, 0.25) is 0 Å². The Morgan fingerprint density at radius 2 is 2.38 bits per heavy atom. The minimum Gasteiger partial charge on any atom is -0.360 e. The Morgan fingerprint density at radius 1 is 1.54 bits per heavy atom. The second-order valence-electron chi connectivity index (χ2n) is 3.39. The first-order chi connectivity index (χ1) is 6.36. The van der Waals surface area contributed by atoms with Crippen LogP contribution in [0.15, 0.2) is 21.6 Å². The van der Waals surface area contributed by atoms with Gasteiger partial charge in [0, 0.05) is 12.1 Å². The van der Waals surface area contributed by atoms with Crippen LogP contribution in [-0.4, -0.2) is 10.1 Å². The number of nitrogens with one attached hydrogen (secondary N) is 1. The van der Waals surface area contributed by atoms with E-state index in [1.807, 2.05) is 0 Å². The molecule has 13 heavy (non-hydrogen) atoms. The number of hydrogen-bond donors (Lipinski definition) is 1. The van der Waals surface area contributed by atoms with Crippen molar-refractivity contribution in [1.82, 2.24) is 10.1 Å². The first-order valence-corrected chi connectivity index (χ1v) is 4.33. The minimum absolute atomic E-state index is 0.0966. The third-order valence-corrected chi connectivity index (χ3v) is 2.38. The van der Waals surface area contributed by atoms with E-state index in [1.54, 1.807) is 12.3 Å². The van der Waals surface area contributed by atoms with Crippen LogP contribution in [0.1, 0.15) is 24.5 Å². The number of rotatable bonds is 1. The molecule has 1 aliphatic carbocycles. The number of nitrogens with zero attached hydrogens (tertiary/aromatic N) is 1. The van der Waals surface area contributed by atoms with Crippen molar-refractivity contribution < 1.29 is 4.52 Å². The molecule has 0 spiro atoms. The molecule has 0 radical (unpaired) electrons. The van der Waals surface area contributed by atoms with E-state index in [0.717, 1.165) is 18.6 Å². The van der Waals surface area contributed by atoms with E-state index in [-0.39, 0.29) is 5.56 Å². The maximum atomic E-state index is 11.4. The van der Waals surface area contributed by atoms with E-state index < -0.39 is 0 Å². The van der Waals surface area contributed by atoms with Crippen molar-refractivity contribution >= 4 is 10.9 Å². The van der Waals surface area contributed by atoms with E-state index in [0.29, 0.717) is 16.8 Å². The van der Waals surface area contributed by atoms with E-state index in [9.17, 15) is 4.79 Å². The first kappa shape index (κ1) is 6.88. The molecule has 0 atom stereocenters. The average Bonchev–Trinajstić information content (AvgIpc) is 2.87. The quantitative estimate of drug-likeness (QED) is 0.714. The number of aromatic amines is 1. The Kier molecular flexibility index (Phi) is 1.17. The van der Waals surface area contributed by atoms with Gasteiger partial charge in [-0.25, -0.2) is 0 Å².